The zero-order valence-corrected chi connectivity index (χ0v) is 13.6. The number of hydrogen-bond acceptors (Lipinski definition) is 5. The Balaban J connectivity index is 2.64. The van der Waals surface area contributed by atoms with Gasteiger partial charge in [0.2, 0.25) is 0 Å². The summed E-state index contributed by atoms with van der Waals surface area (Å²) in [6.45, 7) is 7.74. The highest BCUT2D eigenvalue weighted by Crippen LogP contribution is 2.29. The van der Waals surface area contributed by atoms with Gasteiger partial charge in [-0.05, 0) is 39.0 Å². The number of nitrogens with one attached hydrogen (secondary N) is 1. The number of ether oxygens (including phenoxy) is 3. The van der Waals surface area contributed by atoms with Crippen molar-refractivity contribution < 1.29 is 19.3 Å². The van der Waals surface area contributed by atoms with E-state index >= 15 is 0 Å². The summed E-state index contributed by atoms with van der Waals surface area (Å²) in [6.07, 6.45) is -0.674. The summed E-state index contributed by atoms with van der Waals surface area (Å²) in [6, 6.07) is 5.39. The SMILES string of the molecule is CCOC(C)(C)CNCC(O)c1cc(OC)ccc1OC. The van der Waals surface area contributed by atoms with E-state index in [2.05, 4.69) is 5.32 Å². The van der Waals surface area contributed by atoms with E-state index in [1.165, 1.54) is 0 Å². The van der Waals surface area contributed by atoms with Gasteiger partial charge in [-0.25, -0.2) is 0 Å². The molecule has 0 amide bonds. The predicted octanol–water partition coefficient (Wildman–Crippen LogP) is 2.14. The lowest BCUT2D eigenvalue weighted by Gasteiger charge is -2.26. The standard InChI is InChI=1S/C16H27NO4/c1-6-21-16(2,3)11-17-10-14(18)13-9-12(19-4)7-8-15(13)20-5/h7-9,14,17-18H,6,10-11H2,1-5H3. The minimum Gasteiger partial charge on any atom is -0.497 e. The van der Waals surface area contributed by atoms with E-state index in [1.807, 2.05) is 20.8 Å². The zero-order valence-electron chi connectivity index (χ0n) is 13.6. The first-order valence-electron chi connectivity index (χ1n) is 7.18. The number of hydrogen-bond donors (Lipinski definition) is 2. The number of aliphatic hydroxyl groups is 1. The molecule has 21 heavy (non-hydrogen) atoms. The van der Waals surface area contributed by atoms with Crippen LogP contribution in [0.15, 0.2) is 18.2 Å². The van der Waals surface area contributed by atoms with Crippen LogP contribution in [-0.2, 0) is 4.74 Å². The van der Waals surface area contributed by atoms with E-state index in [9.17, 15) is 5.11 Å². The van der Waals surface area contributed by atoms with Crippen molar-refractivity contribution >= 4 is 0 Å². The van der Waals surface area contributed by atoms with Crippen molar-refractivity contribution in [1.29, 1.82) is 0 Å². The van der Waals surface area contributed by atoms with E-state index in [4.69, 9.17) is 14.2 Å². The number of methoxy groups -OCH3 is 2. The van der Waals surface area contributed by atoms with Crippen molar-refractivity contribution in [3.05, 3.63) is 23.8 Å². The van der Waals surface area contributed by atoms with Crippen molar-refractivity contribution in [2.75, 3.05) is 33.9 Å². The second-order valence-electron chi connectivity index (χ2n) is 5.45. The van der Waals surface area contributed by atoms with E-state index in [0.717, 1.165) is 0 Å². The molecule has 2 N–H and O–H groups in total. The zero-order chi connectivity index (χ0) is 15.9. The summed E-state index contributed by atoms with van der Waals surface area (Å²) >= 11 is 0. The normalized spacial score (nSPS) is 13.0. The van der Waals surface area contributed by atoms with E-state index in [0.29, 0.717) is 36.8 Å². The maximum Gasteiger partial charge on any atom is 0.124 e. The molecule has 0 spiro atoms. The quantitative estimate of drug-likeness (QED) is 0.731. The van der Waals surface area contributed by atoms with E-state index < -0.39 is 6.10 Å². The molecule has 0 aliphatic rings. The van der Waals surface area contributed by atoms with Crippen molar-refractivity contribution in [3.8, 4) is 11.5 Å². The molecule has 0 radical (unpaired) electrons. The summed E-state index contributed by atoms with van der Waals surface area (Å²) in [5, 5.41) is 13.6. The van der Waals surface area contributed by atoms with Gasteiger partial charge in [0.15, 0.2) is 0 Å². The van der Waals surface area contributed by atoms with Crippen LogP contribution in [0.5, 0.6) is 11.5 Å². The molecule has 1 rings (SSSR count). The molecule has 0 fully saturated rings. The molecule has 0 aromatic heterocycles. The van der Waals surface area contributed by atoms with Gasteiger partial charge in [-0.3, -0.25) is 0 Å². The summed E-state index contributed by atoms with van der Waals surface area (Å²) in [7, 11) is 3.19. The van der Waals surface area contributed by atoms with Crippen LogP contribution in [0.4, 0.5) is 0 Å². The predicted molar refractivity (Wildman–Crippen MR) is 83.1 cm³/mol. The Labute approximate surface area is 127 Å². The Kier molecular flexibility index (Phi) is 6.95. The van der Waals surface area contributed by atoms with Gasteiger partial charge in [-0.1, -0.05) is 0 Å². The first kappa shape index (κ1) is 17.8. The Hall–Kier alpha value is -1.30. The molecule has 0 saturated carbocycles. The molecule has 0 bridgehead atoms. The minimum atomic E-state index is -0.674. The van der Waals surface area contributed by atoms with Gasteiger partial charge in [0.25, 0.3) is 0 Å². The third kappa shape index (κ3) is 5.53. The lowest BCUT2D eigenvalue weighted by Crippen LogP contribution is -2.39. The number of rotatable bonds is 9. The van der Waals surface area contributed by atoms with Gasteiger partial charge in [-0.2, -0.15) is 0 Å². The van der Waals surface area contributed by atoms with Crippen LogP contribution in [0, 0.1) is 0 Å². The van der Waals surface area contributed by atoms with Crippen LogP contribution in [0.2, 0.25) is 0 Å². The van der Waals surface area contributed by atoms with Crippen LogP contribution < -0.4 is 14.8 Å². The average Bonchev–Trinajstić information content (AvgIpc) is 2.46. The van der Waals surface area contributed by atoms with Gasteiger partial charge in [0.1, 0.15) is 11.5 Å². The number of aliphatic hydroxyl groups excluding tert-OH is 1. The summed E-state index contributed by atoms with van der Waals surface area (Å²) in [4.78, 5) is 0. The first-order chi connectivity index (χ1) is 9.93. The highest BCUT2D eigenvalue weighted by Gasteiger charge is 2.19. The van der Waals surface area contributed by atoms with Gasteiger partial charge >= 0.3 is 0 Å². The molecular formula is C16H27NO4. The second-order valence-corrected chi connectivity index (χ2v) is 5.45. The maximum atomic E-state index is 10.3. The molecule has 0 saturated heterocycles. The van der Waals surface area contributed by atoms with Crippen molar-refractivity contribution in [2.45, 2.75) is 32.5 Å². The van der Waals surface area contributed by atoms with E-state index in [1.54, 1.807) is 32.4 Å². The van der Waals surface area contributed by atoms with Crippen molar-refractivity contribution in [1.82, 2.24) is 5.32 Å². The summed E-state index contributed by atoms with van der Waals surface area (Å²) < 4.78 is 16.1. The molecule has 5 nitrogen and oxygen atoms in total. The molecule has 1 unspecified atom stereocenters. The van der Waals surface area contributed by atoms with Crippen molar-refractivity contribution in [3.63, 3.8) is 0 Å². The topological polar surface area (TPSA) is 60.0 Å². The molecule has 1 atom stereocenters. The van der Waals surface area contributed by atoms with Crippen LogP contribution in [0.1, 0.15) is 32.4 Å². The highest BCUT2D eigenvalue weighted by atomic mass is 16.5. The largest absolute Gasteiger partial charge is 0.497 e. The third-order valence-electron chi connectivity index (χ3n) is 3.22. The fraction of sp³-hybridized carbons (Fsp3) is 0.625. The monoisotopic (exact) mass is 297 g/mol. The molecule has 0 aliphatic carbocycles. The molecule has 120 valence electrons. The fourth-order valence-electron chi connectivity index (χ4n) is 2.16. The highest BCUT2D eigenvalue weighted by molar-refractivity contribution is 5.41. The van der Waals surface area contributed by atoms with Crippen LogP contribution in [0.3, 0.4) is 0 Å². The van der Waals surface area contributed by atoms with Crippen LogP contribution in [-0.4, -0.2) is 44.6 Å². The van der Waals surface area contributed by atoms with Gasteiger partial charge in [0.05, 0.1) is 25.9 Å². The average molecular weight is 297 g/mol. The molecule has 1 aromatic carbocycles. The Bertz CT molecular complexity index is 434. The lowest BCUT2D eigenvalue weighted by molar-refractivity contribution is -0.0105. The Morgan fingerprint density at radius 1 is 1.24 bits per heavy atom. The minimum absolute atomic E-state index is 0.257. The maximum absolute atomic E-state index is 10.3. The van der Waals surface area contributed by atoms with Crippen molar-refractivity contribution in [2.24, 2.45) is 0 Å². The smallest absolute Gasteiger partial charge is 0.124 e. The summed E-state index contributed by atoms with van der Waals surface area (Å²) in [5.41, 5.74) is 0.450. The molecule has 0 heterocycles. The second kappa shape index (κ2) is 8.22. The molecular weight excluding hydrogens is 270 g/mol. The first-order valence-corrected chi connectivity index (χ1v) is 7.18. The Morgan fingerprint density at radius 2 is 1.95 bits per heavy atom. The molecule has 0 aliphatic heterocycles. The molecule has 5 heteroatoms. The van der Waals surface area contributed by atoms with Crippen LogP contribution >= 0.6 is 0 Å². The Morgan fingerprint density at radius 3 is 2.52 bits per heavy atom. The molecule has 1 aromatic rings. The summed E-state index contributed by atoms with van der Waals surface area (Å²) in [5.74, 6) is 1.34. The van der Waals surface area contributed by atoms with E-state index in [-0.39, 0.29) is 5.60 Å². The third-order valence-corrected chi connectivity index (χ3v) is 3.22. The van der Waals surface area contributed by atoms with Gasteiger partial charge < -0.3 is 24.6 Å². The number of benzene rings is 1. The lowest BCUT2D eigenvalue weighted by atomic mass is 10.1. The van der Waals surface area contributed by atoms with Gasteiger partial charge in [0, 0.05) is 25.3 Å². The fourth-order valence-corrected chi connectivity index (χ4v) is 2.16. The van der Waals surface area contributed by atoms with Gasteiger partial charge in [-0.15, -0.1) is 0 Å². The van der Waals surface area contributed by atoms with Crippen LogP contribution in [0.25, 0.3) is 0 Å².